The van der Waals surface area contributed by atoms with Crippen LogP contribution in [0.1, 0.15) is 28.9 Å². The van der Waals surface area contributed by atoms with E-state index >= 15 is 0 Å². The number of rotatable bonds is 3. The highest BCUT2D eigenvalue weighted by Gasteiger charge is 2.28. The van der Waals surface area contributed by atoms with E-state index in [0.29, 0.717) is 30.8 Å². The molecular formula is C15H18N2O3. The maximum atomic E-state index is 12.4. The molecule has 0 aliphatic carbocycles. The standard InChI is InChI=1S/C15H18N2O3/c18-9-2-1-4-13-5-3-7-16-14(13)15(20)17-8-6-12(10-17)11-19/h3,5,7,12,18-19H,2,6,8-11H2. The molecule has 0 bridgehead atoms. The fourth-order valence-electron chi connectivity index (χ4n) is 2.21. The molecule has 1 aliphatic heterocycles. The van der Waals surface area contributed by atoms with Crippen LogP contribution in [0.2, 0.25) is 0 Å². The van der Waals surface area contributed by atoms with Crippen molar-refractivity contribution in [1.29, 1.82) is 0 Å². The second-order valence-corrected chi connectivity index (χ2v) is 4.76. The van der Waals surface area contributed by atoms with Gasteiger partial charge in [0.25, 0.3) is 5.91 Å². The first kappa shape index (κ1) is 14.5. The molecule has 2 rings (SSSR count). The van der Waals surface area contributed by atoms with Gasteiger partial charge in [0.1, 0.15) is 5.69 Å². The van der Waals surface area contributed by atoms with E-state index in [4.69, 9.17) is 10.2 Å². The van der Waals surface area contributed by atoms with Crippen LogP contribution in [0, 0.1) is 17.8 Å². The molecule has 1 atom stereocenters. The normalized spacial score (nSPS) is 17.7. The number of hydrogen-bond acceptors (Lipinski definition) is 4. The van der Waals surface area contributed by atoms with Gasteiger partial charge in [-0.25, -0.2) is 4.98 Å². The number of amides is 1. The first-order valence-corrected chi connectivity index (χ1v) is 6.71. The Labute approximate surface area is 118 Å². The lowest BCUT2D eigenvalue weighted by Gasteiger charge is -2.16. The summed E-state index contributed by atoms with van der Waals surface area (Å²) in [7, 11) is 0. The smallest absolute Gasteiger partial charge is 0.273 e. The molecular weight excluding hydrogens is 256 g/mol. The van der Waals surface area contributed by atoms with Gasteiger partial charge in [0.2, 0.25) is 0 Å². The Bertz CT molecular complexity index is 533. The van der Waals surface area contributed by atoms with Gasteiger partial charge < -0.3 is 15.1 Å². The minimum atomic E-state index is -0.144. The van der Waals surface area contributed by atoms with Crippen molar-refractivity contribution in [2.75, 3.05) is 26.3 Å². The molecule has 5 nitrogen and oxygen atoms in total. The van der Waals surface area contributed by atoms with Gasteiger partial charge >= 0.3 is 0 Å². The second kappa shape index (κ2) is 7.04. The highest BCUT2D eigenvalue weighted by atomic mass is 16.3. The first-order valence-electron chi connectivity index (χ1n) is 6.71. The molecule has 1 aliphatic rings. The van der Waals surface area contributed by atoms with Gasteiger partial charge in [-0.05, 0) is 18.6 Å². The van der Waals surface area contributed by atoms with E-state index in [2.05, 4.69) is 16.8 Å². The lowest BCUT2D eigenvalue weighted by atomic mass is 10.1. The van der Waals surface area contributed by atoms with Crippen molar-refractivity contribution in [2.24, 2.45) is 5.92 Å². The summed E-state index contributed by atoms with van der Waals surface area (Å²) in [6.45, 7) is 1.32. The zero-order chi connectivity index (χ0) is 14.4. The van der Waals surface area contributed by atoms with E-state index in [9.17, 15) is 4.79 Å². The summed E-state index contributed by atoms with van der Waals surface area (Å²) in [4.78, 5) is 18.3. The van der Waals surface area contributed by atoms with Crippen LogP contribution >= 0.6 is 0 Å². The van der Waals surface area contributed by atoms with Crippen LogP contribution in [0.5, 0.6) is 0 Å². The molecule has 2 heterocycles. The largest absolute Gasteiger partial charge is 0.396 e. The van der Waals surface area contributed by atoms with Gasteiger partial charge in [-0.2, -0.15) is 0 Å². The van der Waals surface area contributed by atoms with Crippen molar-refractivity contribution < 1.29 is 15.0 Å². The van der Waals surface area contributed by atoms with Crippen LogP contribution < -0.4 is 0 Å². The number of aromatic nitrogens is 1. The third kappa shape index (κ3) is 3.35. The molecule has 0 radical (unpaired) electrons. The molecule has 0 spiro atoms. The predicted molar refractivity (Wildman–Crippen MR) is 73.9 cm³/mol. The molecule has 1 amide bonds. The predicted octanol–water partition coefficient (Wildman–Crippen LogP) is 0.270. The molecule has 5 heteroatoms. The third-order valence-electron chi connectivity index (χ3n) is 3.30. The minimum Gasteiger partial charge on any atom is -0.396 e. The van der Waals surface area contributed by atoms with Gasteiger partial charge in [-0.1, -0.05) is 11.8 Å². The fraction of sp³-hybridized carbons (Fsp3) is 0.467. The van der Waals surface area contributed by atoms with Gasteiger partial charge in [-0.3, -0.25) is 4.79 Å². The van der Waals surface area contributed by atoms with E-state index in [-0.39, 0.29) is 25.0 Å². The maximum absolute atomic E-state index is 12.4. The highest BCUT2D eigenvalue weighted by Crippen LogP contribution is 2.18. The number of likely N-dealkylation sites (tertiary alicyclic amines) is 1. The van der Waals surface area contributed by atoms with Crippen LogP contribution in [-0.4, -0.2) is 52.3 Å². The molecule has 1 aromatic rings. The Morgan fingerprint density at radius 1 is 1.50 bits per heavy atom. The summed E-state index contributed by atoms with van der Waals surface area (Å²) in [5.74, 6) is 5.70. The second-order valence-electron chi connectivity index (χ2n) is 4.76. The van der Waals surface area contributed by atoms with Crippen LogP contribution in [-0.2, 0) is 0 Å². The van der Waals surface area contributed by atoms with Crippen molar-refractivity contribution in [2.45, 2.75) is 12.8 Å². The number of hydrogen-bond donors (Lipinski definition) is 2. The van der Waals surface area contributed by atoms with Crippen LogP contribution in [0.15, 0.2) is 18.3 Å². The Balaban J connectivity index is 2.16. The SMILES string of the molecule is O=C(c1ncccc1C#CCCO)N1CCC(CO)C1. The fourth-order valence-corrected chi connectivity index (χ4v) is 2.21. The van der Waals surface area contributed by atoms with Crippen LogP contribution in [0.4, 0.5) is 0 Å². The summed E-state index contributed by atoms with van der Waals surface area (Å²) < 4.78 is 0. The van der Waals surface area contributed by atoms with E-state index in [1.165, 1.54) is 0 Å². The highest BCUT2D eigenvalue weighted by molar-refractivity contribution is 5.94. The lowest BCUT2D eigenvalue weighted by molar-refractivity contribution is 0.0776. The van der Waals surface area contributed by atoms with Crippen molar-refractivity contribution in [3.8, 4) is 11.8 Å². The third-order valence-corrected chi connectivity index (χ3v) is 3.30. The Morgan fingerprint density at radius 2 is 2.35 bits per heavy atom. The number of nitrogens with zero attached hydrogens (tertiary/aromatic N) is 2. The first-order chi connectivity index (χ1) is 9.76. The van der Waals surface area contributed by atoms with Crippen molar-refractivity contribution in [1.82, 2.24) is 9.88 Å². The summed E-state index contributed by atoms with van der Waals surface area (Å²) in [5, 5.41) is 17.9. The Hall–Kier alpha value is -1.90. The van der Waals surface area contributed by atoms with E-state index in [0.717, 1.165) is 6.42 Å². The van der Waals surface area contributed by atoms with Gasteiger partial charge in [0.15, 0.2) is 0 Å². The zero-order valence-corrected chi connectivity index (χ0v) is 11.2. The average molecular weight is 274 g/mol. The molecule has 1 aromatic heterocycles. The quantitative estimate of drug-likeness (QED) is 0.776. The van der Waals surface area contributed by atoms with Crippen molar-refractivity contribution >= 4 is 5.91 Å². The average Bonchev–Trinajstić information content (AvgIpc) is 2.96. The molecule has 0 aromatic carbocycles. The summed E-state index contributed by atoms with van der Waals surface area (Å²) in [6.07, 6.45) is 2.77. The summed E-state index contributed by atoms with van der Waals surface area (Å²) in [6, 6.07) is 3.49. The lowest BCUT2D eigenvalue weighted by Crippen LogP contribution is -2.30. The van der Waals surface area contributed by atoms with Gasteiger partial charge in [0, 0.05) is 38.2 Å². The monoisotopic (exact) mass is 274 g/mol. The molecule has 2 N–H and O–H groups in total. The molecule has 0 saturated carbocycles. The molecule has 1 fully saturated rings. The number of carbonyl (C=O) groups is 1. The Kier molecular flexibility index (Phi) is 5.10. The Morgan fingerprint density at radius 3 is 3.05 bits per heavy atom. The molecule has 1 saturated heterocycles. The van der Waals surface area contributed by atoms with E-state index < -0.39 is 0 Å². The number of aliphatic hydroxyl groups excluding tert-OH is 2. The number of pyridine rings is 1. The van der Waals surface area contributed by atoms with Crippen LogP contribution in [0.3, 0.4) is 0 Å². The topological polar surface area (TPSA) is 73.7 Å². The van der Waals surface area contributed by atoms with Crippen LogP contribution in [0.25, 0.3) is 0 Å². The molecule has 20 heavy (non-hydrogen) atoms. The summed E-state index contributed by atoms with van der Waals surface area (Å²) in [5.41, 5.74) is 0.926. The molecule has 1 unspecified atom stereocenters. The van der Waals surface area contributed by atoms with Crippen molar-refractivity contribution in [3.05, 3.63) is 29.6 Å². The number of aliphatic hydroxyl groups is 2. The van der Waals surface area contributed by atoms with Gasteiger partial charge in [-0.15, -0.1) is 0 Å². The summed E-state index contributed by atoms with van der Waals surface area (Å²) >= 11 is 0. The van der Waals surface area contributed by atoms with Crippen molar-refractivity contribution in [3.63, 3.8) is 0 Å². The number of carbonyl (C=O) groups excluding carboxylic acids is 1. The zero-order valence-electron chi connectivity index (χ0n) is 11.2. The van der Waals surface area contributed by atoms with E-state index in [1.807, 2.05) is 0 Å². The maximum Gasteiger partial charge on any atom is 0.273 e. The van der Waals surface area contributed by atoms with E-state index in [1.54, 1.807) is 23.2 Å². The van der Waals surface area contributed by atoms with Gasteiger partial charge in [0.05, 0.1) is 12.2 Å². The minimum absolute atomic E-state index is 0.000840. The molecule has 106 valence electrons.